The van der Waals surface area contributed by atoms with Crippen LogP contribution in [0.1, 0.15) is 91.5 Å². The number of aromatic hydroxyl groups is 1. The van der Waals surface area contributed by atoms with E-state index in [9.17, 15) is 0 Å². The van der Waals surface area contributed by atoms with Gasteiger partial charge in [0.2, 0.25) is 0 Å². The van der Waals surface area contributed by atoms with E-state index in [1.807, 2.05) is 12.1 Å². The molecule has 0 saturated carbocycles. The van der Waals surface area contributed by atoms with E-state index in [1.54, 1.807) is 36.8 Å². The summed E-state index contributed by atoms with van der Waals surface area (Å²) in [4.78, 5) is 0. The van der Waals surface area contributed by atoms with E-state index in [-0.39, 0.29) is 0 Å². The molecule has 0 radical (unpaired) electrons. The van der Waals surface area contributed by atoms with Crippen LogP contribution in [0.25, 0.3) is 0 Å². The van der Waals surface area contributed by atoms with Crippen molar-refractivity contribution in [2.45, 2.75) is 92.4 Å². The maximum absolute atomic E-state index is 8.85. The molecule has 1 aromatic rings. The quantitative estimate of drug-likeness (QED) is 0.344. The average molecular weight is 383 g/mol. The Morgan fingerprint density at radius 2 is 0.962 bits per heavy atom. The monoisotopic (exact) mass is 382 g/mol. The predicted molar refractivity (Wildman–Crippen MR) is 125 cm³/mol. The van der Waals surface area contributed by atoms with Gasteiger partial charge in [-0.2, -0.15) is 0 Å². The van der Waals surface area contributed by atoms with E-state index in [0.29, 0.717) is 5.75 Å². The molecule has 26 heavy (non-hydrogen) atoms. The van der Waals surface area contributed by atoms with E-state index in [1.165, 1.54) is 56.9 Å². The molecule has 0 aromatic heterocycles. The normalized spacial score (nSPS) is 11.7. The molecule has 1 nitrogen and oxygen atoms in total. The first-order chi connectivity index (χ1) is 12.6. The minimum absolute atomic E-state index is 0.340. The zero-order valence-corrected chi connectivity index (χ0v) is 19.4. The van der Waals surface area contributed by atoms with Gasteiger partial charge in [0.05, 0.1) is 0 Å². The van der Waals surface area contributed by atoms with Gasteiger partial charge in [-0.15, -0.1) is 0 Å². The fraction of sp³-hybridized carbons (Fsp3) is 0.750. The number of unbranched alkanes of at least 4 members (excludes halogenated alkanes) is 4. The summed E-state index contributed by atoms with van der Waals surface area (Å²) in [5, 5.41) is 8.85. The topological polar surface area (TPSA) is 20.2 Å². The Bertz CT molecular complexity index is 375. The largest absolute Gasteiger partial charge is 0.508 e. The molecule has 0 bridgehead atoms. The van der Waals surface area contributed by atoms with Gasteiger partial charge < -0.3 is 5.11 Å². The number of benzene rings is 1. The SMILES string of the molecule is CCCC[PH](CCCC)(CCCC)CCCC.CCc1ccc(O)cc1. The maximum atomic E-state index is 8.85. The van der Waals surface area contributed by atoms with Gasteiger partial charge >= 0.3 is 111 Å². The minimum Gasteiger partial charge on any atom is -0.508 e. The molecular formula is C24H47OP. The summed E-state index contributed by atoms with van der Waals surface area (Å²) in [6.45, 7) is 11.5. The fourth-order valence-corrected chi connectivity index (χ4v) is 9.60. The summed E-state index contributed by atoms with van der Waals surface area (Å²) in [6.07, 6.45) is 19.2. The van der Waals surface area contributed by atoms with Crippen molar-refractivity contribution in [3.63, 3.8) is 0 Å². The van der Waals surface area contributed by atoms with Gasteiger partial charge in [0.15, 0.2) is 0 Å². The van der Waals surface area contributed by atoms with Gasteiger partial charge in [-0.05, 0) is 24.1 Å². The van der Waals surface area contributed by atoms with Crippen LogP contribution in [-0.2, 0) is 6.42 Å². The molecule has 0 aliphatic heterocycles. The first-order valence-electron chi connectivity index (χ1n) is 11.3. The summed E-state index contributed by atoms with van der Waals surface area (Å²) in [5.41, 5.74) is 1.26. The van der Waals surface area contributed by atoms with Gasteiger partial charge in [-0.25, -0.2) is 0 Å². The zero-order chi connectivity index (χ0) is 19.7. The van der Waals surface area contributed by atoms with Gasteiger partial charge in [-0.1, -0.05) is 19.1 Å². The van der Waals surface area contributed by atoms with Crippen LogP contribution >= 0.6 is 7.26 Å². The molecule has 0 fully saturated rings. The third kappa shape index (κ3) is 11.9. The summed E-state index contributed by atoms with van der Waals surface area (Å²) in [5.74, 6) is 0.340. The first kappa shape index (κ1) is 25.4. The van der Waals surface area contributed by atoms with Crippen molar-refractivity contribution in [1.29, 1.82) is 0 Å². The van der Waals surface area contributed by atoms with Crippen molar-refractivity contribution in [3.8, 4) is 5.75 Å². The third-order valence-corrected chi connectivity index (χ3v) is 11.2. The Labute approximate surface area is 165 Å². The number of aryl methyl sites for hydroxylation is 1. The number of phenols is 1. The summed E-state index contributed by atoms with van der Waals surface area (Å²) in [7, 11) is -0.879. The molecule has 1 N–H and O–H groups in total. The summed E-state index contributed by atoms with van der Waals surface area (Å²) >= 11 is 0. The molecule has 0 spiro atoms. The first-order valence-corrected chi connectivity index (χ1v) is 14.2. The Morgan fingerprint density at radius 3 is 1.23 bits per heavy atom. The fourth-order valence-electron chi connectivity index (χ4n) is 3.69. The number of hydrogen-bond donors (Lipinski definition) is 1. The van der Waals surface area contributed by atoms with Crippen LogP contribution in [0.3, 0.4) is 0 Å². The Balaban J connectivity index is 0.000000577. The van der Waals surface area contributed by atoms with Crippen molar-refractivity contribution in [2.75, 3.05) is 24.6 Å². The van der Waals surface area contributed by atoms with E-state index < -0.39 is 7.26 Å². The van der Waals surface area contributed by atoms with Crippen molar-refractivity contribution < 1.29 is 5.11 Å². The molecule has 0 aliphatic carbocycles. The van der Waals surface area contributed by atoms with E-state index in [2.05, 4.69) is 34.6 Å². The Kier molecular flexibility index (Phi) is 16.3. The van der Waals surface area contributed by atoms with Gasteiger partial charge in [0.25, 0.3) is 0 Å². The molecule has 0 saturated heterocycles. The second-order valence-electron chi connectivity index (χ2n) is 7.93. The summed E-state index contributed by atoms with van der Waals surface area (Å²) < 4.78 is 0. The van der Waals surface area contributed by atoms with Crippen LogP contribution < -0.4 is 0 Å². The Hall–Kier alpha value is -0.550. The maximum Gasteiger partial charge on any atom is 0.115 e. The standard InChI is InChI=1S/C16H37P.C8H10O/c1-5-9-13-17(14-10-6-2,15-11-7-3)16-12-8-4;1-2-7-3-5-8(9)6-4-7/h17H,5-16H2,1-4H3;3-6,9H,2H2,1H3. The van der Waals surface area contributed by atoms with Crippen molar-refractivity contribution >= 4 is 7.26 Å². The zero-order valence-electron chi connectivity index (χ0n) is 18.4. The molecule has 0 unspecified atom stereocenters. The number of hydrogen-bond acceptors (Lipinski definition) is 1. The van der Waals surface area contributed by atoms with E-state index >= 15 is 0 Å². The molecule has 0 aliphatic rings. The summed E-state index contributed by atoms with van der Waals surface area (Å²) in [6, 6.07) is 7.27. The van der Waals surface area contributed by atoms with Gasteiger partial charge in [0.1, 0.15) is 5.75 Å². The second-order valence-corrected chi connectivity index (χ2v) is 12.9. The number of rotatable bonds is 13. The third-order valence-electron chi connectivity index (χ3n) is 5.59. The van der Waals surface area contributed by atoms with Crippen LogP contribution in [0, 0.1) is 0 Å². The molecule has 0 atom stereocenters. The van der Waals surface area contributed by atoms with Crippen LogP contribution in [-0.4, -0.2) is 29.8 Å². The van der Waals surface area contributed by atoms with E-state index in [4.69, 9.17) is 5.11 Å². The van der Waals surface area contributed by atoms with Crippen LogP contribution in [0.4, 0.5) is 0 Å². The van der Waals surface area contributed by atoms with E-state index in [0.717, 1.165) is 6.42 Å². The van der Waals surface area contributed by atoms with Crippen LogP contribution in [0.5, 0.6) is 5.75 Å². The van der Waals surface area contributed by atoms with Crippen molar-refractivity contribution in [1.82, 2.24) is 0 Å². The molecule has 1 aromatic carbocycles. The van der Waals surface area contributed by atoms with Crippen LogP contribution in [0.2, 0.25) is 0 Å². The number of phenolic OH excluding ortho intramolecular Hbond substituents is 1. The predicted octanol–water partition coefficient (Wildman–Crippen LogP) is 7.89. The van der Waals surface area contributed by atoms with Crippen LogP contribution in [0.15, 0.2) is 24.3 Å². The Morgan fingerprint density at radius 1 is 0.615 bits per heavy atom. The second kappa shape index (κ2) is 16.6. The molecule has 0 heterocycles. The van der Waals surface area contributed by atoms with Gasteiger partial charge in [0, 0.05) is 0 Å². The van der Waals surface area contributed by atoms with Crippen molar-refractivity contribution in [2.24, 2.45) is 0 Å². The van der Waals surface area contributed by atoms with Crippen molar-refractivity contribution in [3.05, 3.63) is 29.8 Å². The molecule has 154 valence electrons. The molecule has 1 rings (SSSR count). The van der Waals surface area contributed by atoms with Gasteiger partial charge in [-0.3, -0.25) is 0 Å². The average Bonchev–Trinajstić information content (AvgIpc) is 2.68. The molecular weight excluding hydrogens is 335 g/mol. The smallest absolute Gasteiger partial charge is 0.115 e. The molecule has 0 amide bonds. The molecule has 2 heteroatoms. The minimum atomic E-state index is -0.879.